The van der Waals surface area contributed by atoms with Crippen LogP contribution in [0.4, 0.5) is 0 Å². The number of rotatable bonds is 0. The van der Waals surface area contributed by atoms with Gasteiger partial charge in [-0.25, -0.2) is 0 Å². The van der Waals surface area contributed by atoms with E-state index < -0.39 is 0 Å². The topological polar surface area (TPSA) is 23.5 Å². The Bertz CT molecular complexity index is 492. The highest BCUT2D eigenvalue weighted by Crippen LogP contribution is 2.44. The second-order valence-electron chi connectivity index (χ2n) is 5.80. The monoisotopic (exact) mass is 229 g/mol. The third-order valence-electron chi connectivity index (χ3n) is 4.18. The van der Waals surface area contributed by atoms with E-state index in [1.807, 2.05) is 12.1 Å². The second kappa shape index (κ2) is 3.61. The second-order valence-corrected chi connectivity index (χ2v) is 5.80. The first-order chi connectivity index (χ1) is 8.07. The van der Waals surface area contributed by atoms with Gasteiger partial charge in [-0.2, -0.15) is 0 Å². The van der Waals surface area contributed by atoms with E-state index in [2.05, 4.69) is 24.9 Å². The van der Waals surface area contributed by atoms with Gasteiger partial charge in [-0.15, -0.1) is 0 Å². The average molecular weight is 229 g/mol. The smallest absolute Gasteiger partial charge is 0.115 e. The highest BCUT2D eigenvalue weighted by Gasteiger charge is 2.35. The lowest BCUT2D eigenvalue weighted by Gasteiger charge is -2.34. The molecule has 1 fully saturated rings. The van der Waals surface area contributed by atoms with Crippen molar-refractivity contribution in [2.75, 3.05) is 20.1 Å². The third-order valence-corrected chi connectivity index (χ3v) is 4.18. The number of hydrogen-bond donors (Lipinski definition) is 1. The Balaban J connectivity index is 2.16. The molecular weight excluding hydrogens is 210 g/mol. The van der Waals surface area contributed by atoms with Gasteiger partial charge in [0, 0.05) is 6.54 Å². The normalized spacial score (nSPS) is 28.2. The summed E-state index contributed by atoms with van der Waals surface area (Å²) in [7, 11) is 2.19. The molecule has 2 aliphatic rings. The van der Waals surface area contributed by atoms with Crippen LogP contribution in [-0.4, -0.2) is 30.1 Å². The van der Waals surface area contributed by atoms with E-state index in [-0.39, 0.29) is 5.41 Å². The van der Waals surface area contributed by atoms with E-state index in [0.29, 0.717) is 5.75 Å². The van der Waals surface area contributed by atoms with Gasteiger partial charge >= 0.3 is 0 Å². The van der Waals surface area contributed by atoms with Crippen molar-refractivity contribution in [1.82, 2.24) is 4.90 Å². The summed E-state index contributed by atoms with van der Waals surface area (Å²) < 4.78 is 0. The van der Waals surface area contributed by atoms with Crippen LogP contribution >= 0.6 is 0 Å². The summed E-state index contributed by atoms with van der Waals surface area (Å²) in [6, 6.07) is 5.79. The molecule has 3 rings (SSSR count). The Hall–Kier alpha value is -1.28. The molecule has 2 heteroatoms. The van der Waals surface area contributed by atoms with E-state index in [0.717, 1.165) is 25.9 Å². The SMILES string of the molecule is CN1CC[C@]2(C)CC(=Cc3ccc(O)cc32)C1. The standard InChI is InChI=1S/C15H19NO/c1-15-5-6-16(2)10-11(9-15)7-12-3-4-13(17)8-14(12)15/h3-4,7-8,17H,5-6,9-10H2,1-2H3/t15-/m1/s1. The first-order valence-corrected chi connectivity index (χ1v) is 6.28. The number of likely N-dealkylation sites (N-methyl/N-ethyl adjacent to an activating group) is 1. The Labute approximate surface area is 103 Å². The van der Waals surface area contributed by atoms with E-state index in [4.69, 9.17) is 0 Å². The van der Waals surface area contributed by atoms with E-state index in [1.54, 1.807) is 6.07 Å². The summed E-state index contributed by atoms with van der Waals surface area (Å²) >= 11 is 0. The van der Waals surface area contributed by atoms with Crippen LogP contribution in [0.3, 0.4) is 0 Å². The number of hydrogen-bond acceptors (Lipinski definition) is 2. The van der Waals surface area contributed by atoms with Gasteiger partial charge < -0.3 is 10.0 Å². The molecule has 2 bridgehead atoms. The largest absolute Gasteiger partial charge is 0.508 e. The van der Waals surface area contributed by atoms with Crippen LogP contribution in [0.15, 0.2) is 23.8 Å². The zero-order chi connectivity index (χ0) is 12.0. The van der Waals surface area contributed by atoms with Crippen molar-refractivity contribution >= 4 is 6.08 Å². The molecule has 17 heavy (non-hydrogen) atoms. The quantitative estimate of drug-likeness (QED) is 0.739. The minimum Gasteiger partial charge on any atom is -0.508 e. The summed E-state index contributed by atoms with van der Waals surface area (Å²) in [5, 5.41) is 9.69. The molecule has 1 atom stereocenters. The van der Waals surface area contributed by atoms with Gasteiger partial charge in [0.1, 0.15) is 5.75 Å². The molecule has 0 amide bonds. The number of benzene rings is 1. The van der Waals surface area contributed by atoms with Crippen molar-refractivity contribution in [3.63, 3.8) is 0 Å². The molecule has 1 aromatic carbocycles. The maximum atomic E-state index is 9.69. The lowest BCUT2D eigenvalue weighted by Crippen LogP contribution is -2.26. The van der Waals surface area contributed by atoms with Crippen LogP contribution in [0, 0.1) is 0 Å². The number of aromatic hydroxyl groups is 1. The van der Waals surface area contributed by atoms with Gasteiger partial charge in [0.05, 0.1) is 0 Å². The Kier molecular flexibility index (Phi) is 2.30. The van der Waals surface area contributed by atoms with E-state index in [9.17, 15) is 5.11 Å². The third kappa shape index (κ3) is 1.77. The van der Waals surface area contributed by atoms with Crippen LogP contribution in [0.25, 0.3) is 6.08 Å². The Morgan fingerprint density at radius 2 is 2.18 bits per heavy atom. The fraction of sp³-hybridized carbons (Fsp3) is 0.467. The molecule has 2 nitrogen and oxygen atoms in total. The molecule has 90 valence electrons. The number of phenolic OH excluding ortho intramolecular Hbond substituents is 1. The fourth-order valence-electron chi connectivity index (χ4n) is 3.25. The van der Waals surface area contributed by atoms with Crippen molar-refractivity contribution < 1.29 is 5.11 Å². The van der Waals surface area contributed by atoms with Crippen LogP contribution in [0.2, 0.25) is 0 Å². The molecule has 0 aromatic heterocycles. The minimum atomic E-state index is 0.197. The summed E-state index contributed by atoms with van der Waals surface area (Å²) in [5.74, 6) is 0.388. The highest BCUT2D eigenvalue weighted by molar-refractivity contribution is 5.64. The van der Waals surface area contributed by atoms with E-state index >= 15 is 0 Å². The molecule has 1 N–H and O–H groups in total. The fourth-order valence-corrected chi connectivity index (χ4v) is 3.25. The zero-order valence-corrected chi connectivity index (χ0v) is 10.5. The lowest BCUT2D eigenvalue weighted by molar-refractivity contribution is 0.339. The predicted molar refractivity (Wildman–Crippen MR) is 70.2 cm³/mol. The number of fused-ring (bicyclic) bond motifs is 4. The van der Waals surface area contributed by atoms with Crippen LogP contribution in [0.1, 0.15) is 30.9 Å². The number of phenols is 1. The molecule has 1 heterocycles. The Morgan fingerprint density at radius 1 is 1.35 bits per heavy atom. The first kappa shape index (κ1) is 10.8. The van der Waals surface area contributed by atoms with Crippen LogP contribution in [0.5, 0.6) is 5.75 Å². The maximum Gasteiger partial charge on any atom is 0.115 e. The zero-order valence-electron chi connectivity index (χ0n) is 10.5. The lowest BCUT2D eigenvalue weighted by atomic mass is 9.70. The van der Waals surface area contributed by atoms with Crippen molar-refractivity contribution in [2.24, 2.45) is 0 Å². The predicted octanol–water partition coefficient (Wildman–Crippen LogP) is 2.77. The van der Waals surface area contributed by atoms with Gasteiger partial charge in [0.15, 0.2) is 0 Å². The van der Waals surface area contributed by atoms with Crippen LogP contribution < -0.4 is 0 Å². The highest BCUT2D eigenvalue weighted by atomic mass is 16.3. The van der Waals surface area contributed by atoms with Crippen molar-refractivity contribution in [1.29, 1.82) is 0 Å². The van der Waals surface area contributed by atoms with Crippen molar-refractivity contribution in [2.45, 2.75) is 25.2 Å². The summed E-state index contributed by atoms with van der Waals surface area (Å²) in [6.07, 6.45) is 4.60. The maximum absolute atomic E-state index is 9.69. The van der Waals surface area contributed by atoms with Gasteiger partial charge in [-0.05, 0) is 55.1 Å². The molecule has 1 aliphatic heterocycles. The molecule has 1 saturated heterocycles. The molecule has 1 aromatic rings. The molecule has 1 aliphatic carbocycles. The molecule has 0 saturated carbocycles. The molecule has 0 spiro atoms. The van der Waals surface area contributed by atoms with Crippen LogP contribution in [-0.2, 0) is 5.41 Å². The summed E-state index contributed by atoms with van der Waals surface area (Å²) in [4.78, 5) is 2.39. The van der Waals surface area contributed by atoms with Crippen molar-refractivity contribution in [3.05, 3.63) is 34.9 Å². The summed E-state index contributed by atoms with van der Waals surface area (Å²) in [5.41, 5.74) is 4.33. The minimum absolute atomic E-state index is 0.197. The molecule has 0 radical (unpaired) electrons. The van der Waals surface area contributed by atoms with Gasteiger partial charge in [0.25, 0.3) is 0 Å². The van der Waals surface area contributed by atoms with E-state index in [1.165, 1.54) is 16.7 Å². The van der Waals surface area contributed by atoms with Gasteiger partial charge in [0.2, 0.25) is 0 Å². The Morgan fingerprint density at radius 3 is 3.00 bits per heavy atom. The molecule has 0 unspecified atom stereocenters. The average Bonchev–Trinajstić information content (AvgIpc) is 2.39. The summed E-state index contributed by atoms with van der Waals surface area (Å²) in [6.45, 7) is 4.54. The number of likely N-dealkylation sites (tertiary alicyclic amines) is 1. The number of nitrogens with zero attached hydrogens (tertiary/aromatic N) is 1. The van der Waals surface area contributed by atoms with Crippen molar-refractivity contribution in [3.8, 4) is 5.75 Å². The first-order valence-electron chi connectivity index (χ1n) is 6.28. The van der Waals surface area contributed by atoms with Gasteiger partial charge in [-0.1, -0.05) is 24.6 Å². The van der Waals surface area contributed by atoms with Gasteiger partial charge in [-0.3, -0.25) is 0 Å². The molecular formula is C15H19NO.